The number of nitrogens with one attached hydrogen (secondary N) is 1. The van der Waals surface area contributed by atoms with Crippen molar-refractivity contribution in [1.82, 2.24) is 14.5 Å². The van der Waals surface area contributed by atoms with Gasteiger partial charge in [-0.15, -0.1) is 0 Å². The highest BCUT2D eigenvalue weighted by molar-refractivity contribution is 6.00. The molecule has 1 amide bonds. The van der Waals surface area contributed by atoms with Gasteiger partial charge in [-0.1, -0.05) is 6.58 Å². The molecule has 22 heavy (non-hydrogen) atoms. The topological polar surface area (TPSA) is 69.0 Å². The Bertz CT molecular complexity index is 837. The van der Waals surface area contributed by atoms with E-state index in [1.54, 1.807) is 31.8 Å². The molecule has 0 saturated heterocycles. The molecule has 2 heterocycles. The molecular formula is C16H14N4O2. The third-order valence-corrected chi connectivity index (χ3v) is 3.21. The van der Waals surface area contributed by atoms with Gasteiger partial charge in [0, 0.05) is 11.8 Å². The maximum absolute atomic E-state index is 11.4. The summed E-state index contributed by atoms with van der Waals surface area (Å²) in [6, 6.07) is 9.18. The standard InChI is InChI=1S/C16H14N4O2/c1-3-15(21)19-11-4-6-13-14(8-11)20(10-18-13)12-5-7-16(22-2)17-9-12/h3-10H,1H2,2H3,(H,19,21). The molecule has 6 nitrogen and oxygen atoms in total. The highest BCUT2D eigenvalue weighted by atomic mass is 16.5. The number of pyridine rings is 1. The number of anilines is 1. The summed E-state index contributed by atoms with van der Waals surface area (Å²) in [5, 5.41) is 2.74. The van der Waals surface area contributed by atoms with E-state index in [1.807, 2.05) is 22.8 Å². The molecule has 0 unspecified atom stereocenters. The van der Waals surface area contributed by atoms with E-state index in [1.165, 1.54) is 6.08 Å². The van der Waals surface area contributed by atoms with Crippen molar-refractivity contribution in [2.24, 2.45) is 0 Å². The van der Waals surface area contributed by atoms with Gasteiger partial charge in [0.25, 0.3) is 0 Å². The minimum atomic E-state index is -0.253. The van der Waals surface area contributed by atoms with Crippen LogP contribution in [0.3, 0.4) is 0 Å². The Hall–Kier alpha value is -3.15. The molecule has 0 aliphatic heterocycles. The van der Waals surface area contributed by atoms with Crippen molar-refractivity contribution in [2.45, 2.75) is 0 Å². The predicted molar refractivity (Wildman–Crippen MR) is 84.2 cm³/mol. The van der Waals surface area contributed by atoms with Gasteiger partial charge in [0.1, 0.15) is 6.33 Å². The SMILES string of the molecule is C=CC(=O)Nc1ccc2ncn(-c3ccc(OC)nc3)c2c1. The molecule has 1 aromatic carbocycles. The number of hydrogen-bond donors (Lipinski definition) is 1. The minimum Gasteiger partial charge on any atom is -0.481 e. The zero-order valence-electron chi connectivity index (χ0n) is 12.0. The lowest BCUT2D eigenvalue weighted by molar-refractivity contribution is -0.111. The van der Waals surface area contributed by atoms with E-state index in [-0.39, 0.29) is 5.91 Å². The van der Waals surface area contributed by atoms with Gasteiger partial charge >= 0.3 is 0 Å². The Morgan fingerprint density at radius 3 is 2.86 bits per heavy atom. The Morgan fingerprint density at radius 1 is 1.32 bits per heavy atom. The van der Waals surface area contributed by atoms with Crippen molar-refractivity contribution in [3.05, 3.63) is 55.5 Å². The molecule has 6 heteroatoms. The van der Waals surface area contributed by atoms with Gasteiger partial charge in [0.2, 0.25) is 11.8 Å². The van der Waals surface area contributed by atoms with Crippen LogP contribution in [0.15, 0.2) is 55.5 Å². The van der Waals surface area contributed by atoms with Gasteiger partial charge < -0.3 is 10.1 Å². The number of amides is 1. The van der Waals surface area contributed by atoms with Crippen molar-refractivity contribution in [1.29, 1.82) is 0 Å². The van der Waals surface area contributed by atoms with Gasteiger partial charge in [-0.3, -0.25) is 9.36 Å². The zero-order valence-corrected chi connectivity index (χ0v) is 12.0. The first kappa shape index (κ1) is 13.8. The molecule has 0 aliphatic rings. The van der Waals surface area contributed by atoms with Crippen LogP contribution in [0.5, 0.6) is 5.88 Å². The maximum atomic E-state index is 11.4. The van der Waals surface area contributed by atoms with Crippen molar-refractivity contribution in [3.63, 3.8) is 0 Å². The highest BCUT2D eigenvalue weighted by Crippen LogP contribution is 2.22. The molecular weight excluding hydrogens is 280 g/mol. The normalized spacial score (nSPS) is 10.4. The molecule has 1 N–H and O–H groups in total. The van der Waals surface area contributed by atoms with Crippen LogP contribution in [0.25, 0.3) is 16.7 Å². The van der Waals surface area contributed by atoms with E-state index in [9.17, 15) is 4.79 Å². The third-order valence-electron chi connectivity index (χ3n) is 3.21. The van der Waals surface area contributed by atoms with Gasteiger partial charge in [0.05, 0.1) is 30.0 Å². The van der Waals surface area contributed by atoms with Crippen LogP contribution >= 0.6 is 0 Å². The lowest BCUT2D eigenvalue weighted by atomic mass is 10.2. The van der Waals surface area contributed by atoms with E-state index >= 15 is 0 Å². The van der Waals surface area contributed by atoms with E-state index in [4.69, 9.17) is 4.74 Å². The van der Waals surface area contributed by atoms with E-state index in [0.29, 0.717) is 11.6 Å². The summed E-state index contributed by atoms with van der Waals surface area (Å²) in [7, 11) is 1.57. The Balaban J connectivity index is 2.03. The van der Waals surface area contributed by atoms with Crippen molar-refractivity contribution in [2.75, 3.05) is 12.4 Å². The number of aromatic nitrogens is 3. The number of carbonyl (C=O) groups is 1. The molecule has 0 atom stereocenters. The molecule has 3 rings (SSSR count). The molecule has 0 spiro atoms. The Kier molecular flexibility index (Phi) is 3.57. The molecule has 0 radical (unpaired) electrons. The second-order valence-electron chi connectivity index (χ2n) is 4.57. The predicted octanol–water partition coefficient (Wildman–Crippen LogP) is 2.55. The molecule has 0 aliphatic carbocycles. The van der Waals surface area contributed by atoms with Crippen molar-refractivity contribution in [3.8, 4) is 11.6 Å². The lowest BCUT2D eigenvalue weighted by Gasteiger charge is -2.07. The van der Waals surface area contributed by atoms with Crippen LogP contribution < -0.4 is 10.1 Å². The van der Waals surface area contributed by atoms with Gasteiger partial charge in [-0.25, -0.2) is 9.97 Å². The molecule has 0 saturated carbocycles. The summed E-state index contributed by atoms with van der Waals surface area (Å²) in [6.45, 7) is 3.44. The number of nitrogens with zero attached hydrogens (tertiary/aromatic N) is 3. The summed E-state index contributed by atoms with van der Waals surface area (Å²) < 4.78 is 6.95. The summed E-state index contributed by atoms with van der Waals surface area (Å²) in [4.78, 5) is 19.9. The molecule has 0 fully saturated rings. The fourth-order valence-electron chi connectivity index (χ4n) is 2.12. The van der Waals surface area contributed by atoms with Crippen LogP contribution in [-0.2, 0) is 4.79 Å². The first-order valence-corrected chi connectivity index (χ1v) is 6.62. The largest absolute Gasteiger partial charge is 0.481 e. The quantitative estimate of drug-likeness (QED) is 0.751. The number of fused-ring (bicyclic) bond motifs is 1. The fraction of sp³-hybridized carbons (Fsp3) is 0.0625. The number of rotatable bonds is 4. The average molecular weight is 294 g/mol. The van der Waals surface area contributed by atoms with Crippen LogP contribution in [0.2, 0.25) is 0 Å². The second kappa shape index (κ2) is 5.69. The third kappa shape index (κ3) is 2.54. The van der Waals surface area contributed by atoms with Gasteiger partial charge in [0.15, 0.2) is 0 Å². The van der Waals surface area contributed by atoms with Crippen LogP contribution in [0, 0.1) is 0 Å². The number of hydrogen-bond acceptors (Lipinski definition) is 4. The van der Waals surface area contributed by atoms with Crippen LogP contribution in [0.4, 0.5) is 5.69 Å². The molecule has 3 aromatic rings. The maximum Gasteiger partial charge on any atom is 0.247 e. The minimum absolute atomic E-state index is 0.253. The monoisotopic (exact) mass is 294 g/mol. The summed E-state index contributed by atoms with van der Waals surface area (Å²) >= 11 is 0. The fourth-order valence-corrected chi connectivity index (χ4v) is 2.12. The first-order chi connectivity index (χ1) is 10.7. The van der Waals surface area contributed by atoms with Gasteiger partial charge in [-0.05, 0) is 30.3 Å². The van der Waals surface area contributed by atoms with E-state index in [0.717, 1.165) is 16.7 Å². The highest BCUT2D eigenvalue weighted by Gasteiger charge is 2.07. The molecule has 110 valence electrons. The number of ether oxygens (including phenoxy) is 1. The van der Waals surface area contributed by atoms with Crippen LogP contribution in [0.1, 0.15) is 0 Å². The average Bonchev–Trinajstić information content (AvgIpc) is 2.98. The summed E-state index contributed by atoms with van der Waals surface area (Å²) in [6.07, 6.45) is 4.65. The summed E-state index contributed by atoms with van der Waals surface area (Å²) in [5.41, 5.74) is 3.23. The molecule has 2 aromatic heterocycles. The van der Waals surface area contributed by atoms with Crippen molar-refractivity contribution >= 4 is 22.6 Å². The first-order valence-electron chi connectivity index (χ1n) is 6.62. The lowest BCUT2D eigenvalue weighted by Crippen LogP contribution is -2.07. The van der Waals surface area contributed by atoms with Crippen molar-refractivity contribution < 1.29 is 9.53 Å². The number of imidazole rings is 1. The number of methoxy groups -OCH3 is 1. The molecule has 0 bridgehead atoms. The van der Waals surface area contributed by atoms with Gasteiger partial charge in [-0.2, -0.15) is 0 Å². The number of carbonyl (C=O) groups excluding carboxylic acids is 1. The Labute approximate surface area is 127 Å². The smallest absolute Gasteiger partial charge is 0.247 e. The number of benzene rings is 1. The Morgan fingerprint density at radius 2 is 2.18 bits per heavy atom. The van der Waals surface area contributed by atoms with Crippen LogP contribution in [-0.4, -0.2) is 27.6 Å². The zero-order chi connectivity index (χ0) is 15.5. The summed E-state index contributed by atoms with van der Waals surface area (Å²) in [5.74, 6) is 0.295. The van der Waals surface area contributed by atoms with E-state index in [2.05, 4.69) is 21.9 Å². The second-order valence-corrected chi connectivity index (χ2v) is 4.57. The van der Waals surface area contributed by atoms with E-state index < -0.39 is 0 Å².